The van der Waals surface area contributed by atoms with Gasteiger partial charge in [0.05, 0.1) is 24.5 Å². The summed E-state index contributed by atoms with van der Waals surface area (Å²) in [6.07, 6.45) is 1.50. The van der Waals surface area contributed by atoms with Crippen LogP contribution in [0.4, 0.5) is 0 Å². The van der Waals surface area contributed by atoms with Crippen molar-refractivity contribution in [3.05, 3.63) is 51.4 Å². The zero-order valence-corrected chi connectivity index (χ0v) is 17.7. The van der Waals surface area contributed by atoms with Gasteiger partial charge < -0.3 is 39.1 Å². The number of fused-ring (bicyclic) bond motifs is 3. The van der Waals surface area contributed by atoms with Crippen LogP contribution in [0.15, 0.2) is 29.2 Å². The number of carboxylic acids is 1. The average Bonchev–Trinajstić information content (AvgIpc) is 3.52. The Morgan fingerprint density at radius 2 is 1.97 bits per heavy atom. The molecule has 33 heavy (non-hydrogen) atoms. The highest BCUT2D eigenvalue weighted by Gasteiger charge is 2.55. The summed E-state index contributed by atoms with van der Waals surface area (Å²) in [6, 6.07) is 4.40. The lowest BCUT2D eigenvalue weighted by Crippen LogP contribution is -2.57. The third-order valence-corrected chi connectivity index (χ3v) is 6.66. The number of benzene rings is 1. The van der Waals surface area contributed by atoms with Gasteiger partial charge in [-0.25, -0.2) is 4.79 Å². The molecule has 2 unspecified atom stereocenters. The molecule has 1 aromatic heterocycles. The van der Waals surface area contributed by atoms with Crippen LogP contribution in [0.5, 0.6) is 17.2 Å². The fourth-order valence-electron chi connectivity index (χ4n) is 4.59. The predicted octanol–water partition coefficient (Wildman–Crippen LogP) is 0.0237. The SMILES string of the molecule is Cc1c(O)c(=O)ccn1CC(=O)N1CC(Oc2ccc3c(c2C(=O)O)O[B-](O)(O)C2CC32)C1. The smallest absolute Gasteiger partial charge is 0.434 e. The molecular weight excluding hydrogens is 435 g/mol. The summed E-state index contributed by atoms with van der Waals surface area (Å²) in [6.45, 7) is -1.22. The van der Waals surface area contributed by atoms with E-state index in [1.54, 1.807) is 6.07 Å². The molecule has 1 aromatic carbocycles. The molecule has 2 aromatic rings. The molecule has 5 rings (SSSR count). The first kappa shape index (κ1) is 21.3. The van der Waals surface area contributed by atoms with Crippen molar-refractivity contribution in [1.29, 1.82) is 0 Å². The zero-order valence-electron chi connectivity index (χ0n) is 17.7. The minimum Gasteiger partial charge on any atom is -0.669 e. The molecule has 2 fully saturated rings. The fourth-order valence-corrected chi connectivity index (χ4v) is 4.59. The maximum absolute atomic E-state index is 12.5. The summed E-state index contributed by atoms with van der Waals surface area (Å²) in [7, 11) is 0. The second-order valence-corrected chi connectivity index (χ2v) is 8.83. The molecule has 174 valence electrons. The van der Waals surface area contributed by atoms with Crippen molar-refractivity contribution in [2.75, 3.05) is 13.1 Å². The molecular formula is C21H22BN2O9-. The molecule has 4 N–H and O–H groups in total. The number of likely N-dealkylation sites (tertiary alicyclic amines) is 1. The van der Waals surface area contributed by atoms with Crippen LogP contribution in [0.25, 0.3) is 0 Å². The number of aromatic carboxylic acids is 1. The van der Waals surface area contributed by atoms with E-state index in [-0.39, 0.29) is 54.2 Å². The Hall–Kier alpha value is -3.51. The van der Waals surface area contributed by atoms with Gasteiger partial charge in [0.25, 0.3) is 0 Å². The molecule has 0 spiro atoms. The average molecular weight is 457 g/mol. The van der Waals surface area contributed by atoms with Crippen molar-refractivity contribution in [2.24, 2.45) is 0 Å². The van der Waals surface area contributed by atoms with E-state index in [4.69, 9.17) is 9.39 Å². The Morgan fingerprint density at radius 1 is 1.24 bits per heavy atom. The molecule has 2 atom stereocenters. The van der Waals surface area contributed by atoms with Crippen molar-refractivity contribution in [3.8, 4) is 17.2 Å². The van der Waals surface area contributed by atoms with E-state index >= 15 is 0 Å². The highest BCUT2D eigenvalue weighted by Crippen LogP contribution is 2.63. The van der Waals surface area contributed by atoms with Gasteiger partial charge in [0.2, 0.25) is 11.3 Å². The van der Waals surface area contributed by atoms with E-state index in [0.717, 1.165) is 0 Å². The number of rotatable bonds is 5. The molecule has 1 aliphatic carbocycles. The van der Waals surface area contributed by atoms with E-state index < -0.39 is 35.8 Å². The Kier molecular flexibility index (Phi) is 4.69. The molecule has 1 saturated carbocycles. The van der Waals surface area contributed by atoms with Crippen LogP contribution in [0.3, 0.4) is 0 Å². The zero-order chi connectivity index (χ0) is 23.7. The number of ether oxygens (including phenoxy) is 1. The van der Waals surface area contributed by atoms with Gasteiger partial charge >= 0.3 is 12.7 Å². The molecule has 3 aliphatic rings. The third kappa shape index (κ3) is 3.51. The minimum atomic E-state index is -3.13. The van der Waals surface area contributed by atoms with Crippen LogP contribution < -0.4 is 14.8 Å². The van der Waals surface area contributed by atoms with Crippen LogP contribution in [-0.2, 0) is 11.3 Å². The Bertz CT molecular complexity index is 1230. The van der Waals surface area contributed by atoms with E-state index in [9.17, 15) is 34.6 Å². The number of hydrogen-bond donors (Lipinski definition) is 4. The first-order valence-electron chi connectivity index (χ1n) is 10.6. The summed E-state index contributed by atoms with van der Waals surface area (Å²) in [5, 5.41) is 39.7. The van der Waals surface area contributed by atoms with Crippen LogP contribution in [-0.4, -0.2) is 67.6 Å². The summed E-state index contributed by atoms with van der Waals surface area (Å²) in [4.78, 5) is 37.5. The molecule has 11 nitrogen and oxygen atoms in total. The number of aromatic nitrogens is 1. The summed E-state index contributed by atoms with van der Waals surface area (Å²) in [5.74, 6) is -2.59. The van der Waals surface area contributed by atoms with Crippen LogP contribution in [0.1, 0.15) is 34.0 Å². The van der Waals surface area contributed by atoms with Crippen LogP contribution >= 0.6 is 0 Å². The number of pyridine rings is 1. The van der Waals surface area contributed by atoms with E-state index in [1.165, 1.54) is 34.7 Å². The van der Waals surface area contributed by atoms with Crippen LogP contribution in [0, 0.1) is 6.92 Å². The number of nitrogens with zero attached hydrogens (tertiary/aromatic N) is 2. The van der Waals surface area contributed by atoms with E-state index in [1.807, 2.05) is 0 Å². The minimum absolute atomic E-state index is 0.0326. The highest BCUT2D eigenvalue weighted by molar-refractivity contribution is 6.62. The van der Waals surface area contributed by atoms with Crippen molar-refractivity contribution >= 4 is 18.6 Å². The van der Waals surface area contributed by atoms with Gasteiger partial charge in [0.15, 0.2) is 5.75 Å². The number of carboxylic acid groups (broad SMARTS) is 1. The van der Waals surface area contributed by atoms with E-state index in [0.29, 0.717) is 12.0 Å². The van der Waals surface area contributed by atoms with Gasteiger partial charge in [-0.05, 0) is 24.5 Å². The van der Waals surface area contributed by atoms with Gasteiger partial charge in [-0.3, -0.25) is 9.59 Å². The van der Waals surface area contributed by atoms with Crippen LogP contribution in [0.2, 0.25) is 5.82 Å². The highest BCUT2D eigenvalue weighted by atomic mass is 16.6. The first-order chi connectivity index (χ1) is 15.6. The monoisotopic (exact) mass is 457 g/mol. The Balaban J connectivity index is 1.28. The van der Waals surface area contributed by atoms with Crippen molar-refractivity contribution in [2.45, 2.75) is 37.7 Å². The topological polar surface area (TPSA) is 159 Å². The molecule has 0 bridgehead atoms. The second kappa shape index (κ2) is 7.25. The number of carbonyl (C=O) groups excluding carboxylic acids is 1. The van der Waals surface area contributed by atoms with E-state index in [2.05, 4.69) is 0 Å². The number of carbonyl (C=O) groups is 2. The second-order valence-electron chi connectivity index (χ2n) is 8.83. The largest absolute Gasteiger partial charge is 0.669 e. The lowest BCUT2D eigenvalue weighted by atomic mass is 9.68. The Labute approximate surface area is 187 Å². The quantitative estimate of drug-likeness (QED) is 0.454. The molecule has 3 heterocycles. The summed E-state index contributed by atoms with van der Waals surface area (Å²) >= 11 is 0. The molecule has 1 saturated heterocycles. The maximum atomic E-state index is 12.5. The molecule has 1 amide bonds. The number of amides is 1. The van der Waals surface area contributed by atoms with Gasteiger partial charge in [-0.1, -0.05) is 18.3 Å². The van der Waals surface area contributed by atoms with Crippen molar-refractivity contribution in [3.63, 3.8) is 0 Å². The maximum Gasteiger partial charge on any atom is 0.434 e. The van der Waals surface area contributed by atoms with Gasteiger partial charge in [-0.15, -0.1) is 0 Å². The summed E-state index contributed by atoms with van der Waals surface area (Å²) < 4.78 is 12.6. The molecule has 2 aliphatic heterocycles. The Morgan fingerprint density at radius 3 is 2.67 bits per heavy atom. The van der Waals surface area contributed by atoms with Gasteiger partial charge in [-0.2, -0.15) is 0 Å². The molecule has 0 radical (unpaired) electrons. The first-order valence-corrected chi connectivity index (χ1v) is 10.6. The standard InChI is InChI=1S/C21H22BN2O9/c1-10-19(27)15(25)4-5-23(10)9-17(26)24-7-11(8-24)32-16-3-2-12-13-6-14(13)22(30,31)33-20(12)18(16)21(28)29/h2-5,11,13-14,27,30-31H,6-9H2,1H3,(H,28,29)/q-1. The number of aromatic hydroxyl groups is 1. The van der Waals surface area contributed by atoms with Gasteiger partial charge in [0, 0.05) is 12.3 Å². The van der Waals surface area contributed by atoms with Gasteiger partial charge in [0.1, 0.15) is 24.0 Å². The summed E-state index contributed by atoms with van der Waals surface area (Å²) in [5.41, 5.74) is 0.120. The third-order valence-electron chi connectivity index (χ3n) is 6.66. The number of hydrogen-bond acceptors (Lipinski definition) is 8. The lowest BCUT2D eigenvalue weighted by molar-refractivity contribution is -0.140. The predicted molar refractivity (Wildman–Crippen MR) is 113 cm³/mol. The molecule has 12 heteroatoms. The van der Waals surface area contributed by atoms with Crippen molar-refractivity contribution in [1.82, 2.24) is 9.47 Å². The van der Waals surface area contributed by atoms with Crippen molar-refractivity contribution < 1.29 is 39.2 Å². The lowest BCUT2D eigenvalue weighted by Gasteiger charge is -2.40. The fraction of sp³-hybridized carbons (Fsp3) is 0.381. The normalized spacial score (nSPS) is 22.5.